The number of rotatable bonds is 2. The van der Waals surface area contributed by atoms with Gasteiger partial charge < -0.3 is 10.0 Å². The van der Waals surface area contributed by atoms with Gasteiger partial charge in [0.25, 0.3) is 0 Å². The molecule has 0 aromatic rings. The third kappa shape index (κ3) is 1.92. The van der Waals surface area contributed by atoms with Gasteiger partial charge in [-0.3, -0.25) is 5.01 Å². The Balaban J connectivity index is 2.57. The Morgan fingerprint density at radius 3 is 2.75 bits per heavy atom. The highest BCUT2D eigenvalue weighted by molar-refractivity contribution is 4.81. The van der Waals surface area contributed by atoms with Gasteiger partial charge in [0, 0.05) is 13.1 Å². The first kappa shape index (κ1) is 9.41. The molecule has 1 aliphatic heterocycles. The zero-order chi connectivity index (χ0) is 9.14. The molecular weight excluding hydrogens is 158 g/mol. The lowest BCUT2D eigenvalue weighted by molar-refractivity contribution is 0.00956. The van der Waals surface area contributed by atoms with Gasteiger partial charge in [-0.15, -0.1) is 4.91 Å². The molecule has 0 aromatic heterocycles. The second-order valence-corrected chi connectivity index (χ2v) is 3.31. The highest BCUT2D eigenvalue weighted by Crippen LogP contribution is 2.11. The first-order valence-electron chi connectivity index (χ1n) is 4.11. The van der Waals surface area contributed by atoms with Crippen LogP contribution >= 0.6 is 0 Å². The van der Waals surface area contributed by atoms with Crippen molar-refractivity contribution in [3.8, 4) is 0 Å². The monoisotopic (exact) mass is 173 g/mol. The normalized spacial score (nSPS) is 28.6. The number of aliphatic hydroxyl groups excluding tert-OH is 1. The summed E-state index contributed by atoms with van der Waals surface area (Å²) < 4.78 is 0. The summed E-state index contributed by atoms with van der Waals surface area (Å²) in [6.45, 7) is 3.82. The van der Waals surface area contributed by atoms with Crippen LogP contribution in [0.5, 0.6) is 0 Å². The maximum absolute atomic E-state index is 10.3. The minimum atomic E-state index is -0.509. The molecule has 5 nitrogen and oxygen atoms in total. The Labute approximate surface area is 71.9 Å². The van der Waals surface area contributed by atoms with Crippen molar-refractivity contribution in [1.29, 1.82) is 0 Å². The molecule has 5 heteroatoms. The van der Waals surface area contributed by atoms with Crippen LogP contribution in [0.3, 0.4) is 0 Å². The lowest BCUT2D eigenvalue weighted by Crippen LogP contribution is -2.53. The van der Waals surface area contributed by atoms with Gasteiger partial charge in [0.2, 0.25) is 0 Å². The van der Waals surface area contributed by atoms with Gasteiger partial charge in [-0.05, 0) is 14.0 Å². The average molecular weight is 173 g/mol. The van der Waals surface area contributed by atoms with Crippen molar-refractivity contribution in [3.05, 3.63) is 4.91 Å². The Morgan fingerprint density at radius 2 is 2.25 bits per heavy atom. The number of nitrogens with zero attached hydrogens (tertiary/aromatic N) is 3. The van der Waals surface area contributed by atoms with E-state index in [2.05, 4.69) is 10.2 Å². The standard InChI is InChI=1S/C7H15N3O2/c1-6(11)7-5-9(2)3-4-10(7)8-12/h6-7,11H,3-5H2,1-2H3/t6-,7-/m1/s1. The molecule has 1 rings (SSSR count). The van der Waals surface area contributed by atoms with Crippen LogP contribution in [0.4, 0.5) is 0 Å². The number of hydrogen-bond donors (Lipinski definition) is 1. The van der Waals surface area contributed by atoms with Gasteiger partial charge in [0.15, 0.2) is 0 Å². The quantitative estimate of drug-likeness (QED) is 0.581. The molecule has 1 saturated heterocycles. The topological polar surface area (TPSA) is 56.1 Å². The predicted octanol–water partition coefficient (Wildman–Crippen LogP) is -0.335. The van der Waals surface area contributed by atoms with Crippen LogP contribution in [0, 0.1) is 4.91 Å². The highest BCUT2D eigenvalue weighted by atomic mass is 16.3. The third-order valence-corrected chi connectivity index (χ3v) is 2.25. The van der Waals surface area contributed by atoms with Crippen LogP contribution in [0.15, 0.2) is 5.29 Å². The molecule has 1 fully saturated rings. The molecule has 0 amide bonds. The fourth-order valence-corrected chi connectivity index (χ4v) is 1.45. The summed E-state index contributed by atoms with van der Waals surface area (Å²) >= 11 is 0. The van der Waals surface area contributed by atoms with Crippen LogP contribution in [0.25, 0.3) is 0 Å². The van der Waals surface area contributed by atoms with E-state index in [1.165, 1.54) is 5.01 Å². The second-order valence-electron chi connectivity index (χ2n) is 3.31. The summed E-state index contributed by atoms with van der Waals surface area (Å²) in [6, 6.07) is -0.152. The molecule has 1 heterocycles. The van der Waals surface area contributed by atoms with Crippen LogP contribution < -0.4 is 0 Å². The second kappa shape index (κ2) is 3.82. The molecule has 70 valence electrons. The molecule has 0 unspecified atom stereocenters. The first-order valence-corrected chi connectivity index (χ1v) is 4.11. The lowest BCUT2D eigenvalue weighted by Gasteiger charge is -2.37. The van der Waals surface area contributed by atoms with E-state index in [1.807, 2.05) is 7.05 Å². The molecule has 0 bridgehead atoms. The van der Waals surface area contributed by atoms with Crippen molar-refractivity contribution < 1.29 is 5.11 Å². The van der Waals surface area contributed by atoms with E-state index >= 15 is 0 Å². The minimum absolute atomic E-state index is 0.152. The average Bonchev–Trinajstić information content (AvgIpc) is 2.04. The maximum Gasteiger partial charge on any atom is 0.0885 e. The smallest absolute Gasteiger partial charge is 0.0885 e. The highest BCUT2D eigenvalue weighted by Gasteiger charge is 2.28. The van der Waals surface area contributed by atoms with Crippen LogP contribution in [0.2, 0.25) is 0 Å². The number of hydrogen-bond acceptors (Lipinski definition) is 4. The van der Waals surface area contributed by atoms with Crippen molar-refractivity contribution in [2.75, 3.05) is 26.7 Å². The SMILES string of the molecule is C[C@@H](O)[C@H]1CN(C)CCN1N=O. The van der Waals surface area contributed by atoms with Crippen molar-refractivity contribution >= 4 is 0 Å². The van der Waals surface area contributed by atoms with Gasteiger partial charge in [-0.1, -0.05) is 0 Å². The molecule has 0 spiro atoms. The molecule has 0 radical (unpaired) electrons. The summed E-state index contributed by atoms with van der Waals surface area (Å²) in [5.41, 5.74) is 0. The van der Waals surface area contributed by atoms with E-state index in [4.69, 9.17) is 0 Å². The van der Waals surface area contributed by atoms with Gasteiger partial charge in [-0.25, -0.2) is 0 Å². The molecule has 1 aliphatic rings. The largest absolute Gasteiger partial charge is 0.391 e. The van der Waals surface area contributed by atoms with Gasteiger partial charge in [0.1, 0.15) is 0 Å². The van der Waals surface area contributed by atoms with Gasteiger partial charge in [-0.2, -0.15) is 0 Å². The van der Waals surface area contributed by atoms with Crippen LogP contribution in [0.1, 0.15) is 6.92 Å². The fourth-order valence-electron chi connectivity index (χ4n) is 1.45. The summed E-state index contributed by atoms with van der Waals surface area (Å²) in [5.74, 6) is 0. The Bertz CT molecular complexity index is 163. The summed E-state index contributed by atoms with van der Waals surface area (Å²) in [7, 11) is 1.97. The van der Waals surface area contributed by atoms with E-state index in [1.54, 1.807) is 6.92 Å². The van der Waals surface area contributed by atoms with E-state index in [-0.39, 0.29) is 6.04 Å². The number of nitroso groups, excluding NO2 is 1. The van der Waals surface area contributed by atoms with Gasteiger partial charge >= 0.3 is 0 Å². The Morgan fingerprint density at radius 1 is 1.58 bits per heavy atom. The Kier molecular flexibility index (Phi) is 2.99. The van der Waals surface area contributed by atoms with E-state index in [0.717, 1.165) is 6.54 Å². The maximum atomic E-state index is 10.3. The van der Waals surface area contributed by atoms with E-state index in [0.29, 0.717) is 13.1 Å². The van der Waals surface area contributed by atoms with Crippen molar-refractivity contribution in [2.24, 2.45) is 5.29 Å². The van der Waals surface area contributed by atoms with Crippen molar-refractivity contribution in [1.82, 2.24) is 9.91 Å². The minimum Gasteiger partial charge on any atom is -0.391 e. The molecule has 0 aliphatic carbocycles. The fraction of sp³-hybridized carbons (Fsp3) is 1.00. The van der Waals surface area contributed by atoms with Gasteiger partial charge in [0.05, 0.1) is 24.0 Å². The molecular formula is C7H15N3O2. The van der Waals surface area contributed by atoms with Crippen LogP contribution in [-0.4, -0.2) is 53.8 Å². The molecule has 12 heavy (non-hydrogen) atoms. The summed E-state index contributed by atoms with van der Waals surface area (Å²) in [6.07, 6.45) is -0.509. The van der Waals surface area contributed by atoms with Crippen LogP contribution in [-0.2, 0) is 0 Å². The van der Waals surface area contributed by atoms with E-state index in [9.17, 15) is 10.0 Å². The molecule has 1 N–H and O–H groups in total. The third-order valence-electron chi connectivity index (χ3n) is 2.25. The molecule has 2 atom stereocenters. The summed E-state index contributed by atoms with van der Waals surface area (Å²) in [5, 5.41) is 13.6. The molecule has 0 aromatic carbocycles. The van der Waals surface area contributed by atoms with Crippen molar-refractivity contribution in [2.45, 2.75) is 19.1 Å². The lowest BCUT2D eigenvalue weighted by atomic mass is 10.1. The zero-order valence-electron chi connectivity index (χ0n) is 7.47. The first-order chi connectivity index (χ1) is 5.65. The zero-order valence-corrected chi connectivity index (χ0v) is 7.47. The van der Waals surface area contributed by atoms with Crippen molar-refractivity contribution in [3.63, 3.8) is 0 Å². The number of likely N-dealkylation sites (N-methyl/N-ethyl adjacent to an activating group) is 1. The Hall–Kier alpha value is -0.680. The van der Waals surface area contributed by atoms with E-state index < -0.39 is 6.10 Å². The number of piperazine rings is 1. The predicted molar refractivity (Wildman–Crippen MR) is 45.5 cm³/mol. The number of aliphatic hydroxyl groups is 1. The molecule has 0 saturated carbocycles. The summed E-state index contributed by atoms with van der Waals surface area (Å²) in [4.78, 5) is 12.4.